The Morgan fingerprint density at radius 3 is 2.18 bits per heavy atom. The van der Waals surface area contributed by atoms with Crippen molar-refractivity contribution in [3.05, 3.63) is 59.7 Å². The number of para-hydroxylation sites is 1. The summed E-state index contributed by atoms with van der Waals surface area (Å²) in [5, 5.41) is 11.3. The highest BCUT2D eigenvalue weighted by Gasteiger charge is 2.27. The zero-order valence-corrected chi connectivity index (χ0v) is 21.1. The summed E-state index contributed by atoms with van der Waals surface area (Å²) in [6.07, 6.45) is 0.0402. The van der Waals surface area contributed by atoms with Crippen LogP contribution in [0.3, 0.4) is 0 Å². The van der Waals surface area contributed by atoms with E-state index in [1.54, 1.807) is 35.2 Å². The fourth-order valence-corrected chi connectivity index (χ4v) is 4.26. The molecule has 6 N–H and O–H groups in total. The molecule has 0 bridgehead atoms. The van der Waals surface area contributed by atoms with Crippen LogP contribution in [0.15, 0.2) is 48.5 Å². The molecule has 6 amide bonds. The zero-order chi connectivity index (χ0) is 27.8. The molecular weight excluding hydrogens is 492 g/mol. The Kier molecular flexibility index (Phi) is 9.25. The smallest absolute Gasteiger partial charge is 0.323 e. The van der Waals surface area contributed by atoms with E-state index in [4.69, 9.17) is 16.6 Å². The number of carboxylic acids is 1. The third-order valence-electron chi connectivity index (χ3n) is 6.28. The molecule has 1 unspecified atom stereocenters. The van der Waals surface area contributed by atoms with Crippen LogP contribution in [0.4, 0.5) is 21.0 Å². The molecule has 0 aromatic heterocycles. The largest absolute Gasteiger partial charge is 0.481 e. The number of nitrogens with two attached hydrogens (primary N) is 2. The first-order valence-corrected chi connectivity index (χ1v) is 12.1. The molecule has 0 radical (unpaired) electrons. The van der Waals surface area contributed by atoms with Crippen LogP contribution in [0.5, 0.6) is 0 Å². The van der Waals surface area contributed by atoms with E-state index in [1.165, 1.54) is 9.80 Å². The van der Waals surface area contributed by atoms with E-state index in [0.717, 1.165) is 11.1 Å². The fraction of sp³-hybridized carbons (Fsp3) is 0.346. The van der Waals surface area contributed by atoms with Crippen molar-refractivity contribution >= 4 is 41.2 Å². The second-order valence-corrected chi connectivity index (χ2v) is 9.03. The van der Waals surface area contributed by atoms with Crippen molar-refractivity contribution in [2.24, 2.45) is 11.5 Å². The van der Waals surface area contributed by atoms with Gasteiger partial charge in [-0.3, -0.25) is 19.3 Å². The van der Waals surface area contributed by atoms with Crippen molar-refractivity contribution in [3.63, 3.8) is 0 Å². The van der Waals surface area contributed by atoms with Crippen LogP contribution in [0, 0.1) is 6.92 Å². The molecule has 2 aromatic carbocycles. The molecule has 1 fully saturated rings. The summed E-state index contributed by atoms with van der Waals surface area (Å²) in [5.41, 5.74) is 13.7. The summed E-state index contributed by atoms with van der Waals surface area (Å²) >= 11 is 0. The number of hydrogen-bond donors (Lipinski definition) is 4. The summed E-state index contributed by atoms with van der Waals surface area (Å²) in [5.74, 6) is -2.31. The van der Waals surface area contributed by atoms with E-state index < -0.39 is 36.4 Å². The van der Waals surface area contributed by atoms with Gasteiger partial charge in [0.15, 0.2) is 0 Å². The number of hydrogen-bond acceptors (Lipinski definition) is 5. The molecule has 1 atom stereocenters. The summed E-state index contributed by atoms with van der Waals surface area (Å²) in [6, 6.07) is 11.9. The number of urea groups is 2. The lowest BCUT2D eigenvalue weighted by Crippen LogP contribution is -2.51. The van der Waals surface area contributed by atoms with Gasteiger partial charge in [0.2, 0.25) is 11.8 Å². The van der Waals surface area contributed by atoms with Gasteiger partial charge in [0.25, 0.3) is 0 Å². The molecule has 1 aliphatic rings. The average molecular weight is 525 g/mol. The normalized spacial score (nSPS) is 14.2. The first-order chi connectivity index (χ1) is 18.1. The SMILES string of the molecule is Cc1ccccc1N(C(N)=O)c1ccc(CC(=O)N2CCCN(C(=O)NC(CC(=O)O)C(N)=O)CC2)cc1. The van der Waals surface area contributed by atoms with Crippen LogP contribution >= 0.6 is 0 Å². The Balaban J connectivity index is 1.60. The minimum Gasteiger partial charge on any atom is -0.481 e. The summed E-state index contributed by atoms with van der Waals surface area (Å²) in [6.45, 7) is 3.17. The highest BCUT2D eigenvalue weighted by Crippen LogP contribution is 2.28. The van der Waals surface area contributed by atoms with Gasteiger partial charge < -0.3 is 31.7 Å². The van der Waals surface area contributed by atoms with Crippen LogP contribution in [-0.2, 0) is 20.8 Å². The zero-order valence-electron chi connectivity index (χ0n) is 21.1. The summed E-state index contributed by atoms with van der Waals surface area (Å²) in [7, 11) is 0. The lowest BCUT2D eigenvalue weighted by Gasteiger charge is -2.24. The van der Waals surface area contributed by atoms with Gasteiger partial charge in [-0.2, -0.15) is 0 Å². The van der Waals surface area contributed by atoms with Crippen molar-refractivity contribution in [2.45, 2.75) is 32.2 Å². The van der Waals surface area contributed by atoms with Crippen LogP contribution in [0.1, 0.15) is 24.0 Å². The molecule has 0 aliphatic carbocycles. The van der Waals surface area contributed by atoms with E-state index in [2.05, 4.69) is 5.32 Å². The molecule has 1 saturated heterocycles. The van der Waals surface area contributed by atoms with Crippen molar-refractivity contribution < 1.29 is 29.1 Å². The maximum absolute atomic E-state index is 13.0. The predicted molar refractivity (Wildman–Crippen MR) is 140 cm³/mol. The first-order valence-electron chi connectivity index (χ1n) is 12.1. The van der Waals surface area contributed by atoms with Crippen LogP contribution in [0.25, 0.3) is 0 Å². The number of nitrogens with one attached hydrogen (secondary N) is 1. The maximum Gasteiger partial charge on any atom is 0.323 e. The van der Waals surface area contributed by atoms with Gasteiger partial charge >= 0.3 is 18.0 Å². The number of carbonyl (C=O) groups is 5. The molecule has 1 aliphatic heterocycles. The van der Waals surface area contributed by atoms with Crippen molar-refractivity contribution in [3.8, 4) is 0 Å². The van der Waals surface area contributed by atoms with Gasteiger partial charge in [0.1, 0.15) is 6.04 Å². The van der Waals surface area contributed by atoms with E-state index in [0.29, 0.717) is 30.9 Å². The number of benzene rings is 2. The maximum atomic E-state index is 13.0. The number of anilines is 2. The van der Waals surface area contributed by atoms with Gasteiger partial charge in [-0.15, -0.1) is 0 Å². The highest BCUT2D eigenvalue weighted by atomic mass is 16.4. The van der Waals surface area contributed by atoms with E-state index in [9.17, 15) is 24.0 Å². The van der Waals surface area contributed by atoms with Gasteiger partial charge in [-0.1, -0.05) is 30.3 Å². The lowest BCUT2D eigenvalue weighted by molar-refractivity contribution is -0.139. The Morgan fingerprint density at radius 2 is 1.58 bits per heavy atom. The topological polar surface area (TPSA) is 179 Å². The standard InChI is InChI=1S/C26H32N6O6/c1-17-5-2-3-6-21(17)32(25(28)37)19-9-7-18(8-10-19)15-22(33)30-11-4-12-31(14-13-30)26(38)29-20(24(27)36)16-23(34)35/h2-3,5-10,20H,4,11-16H2,1H3,(H2,27,36)(H2,28,37)(H,29,38)(H,34,35). The Hall–Kier alpha value is -4.61. The molecule has 2 aromatic rings. The molecule has 202 valence electrons. The number of carbonyl (C=O) groups excluding carboxylic acids is 4. The average Bonchev–Trinajstić information content (AvgIpc) is 3.12. The Morgan fingerprint density at radius 1 is 0.947 bits per heavy atom. The number of carboxylic acid groups (broad SMARTS) is 1. The van der Waals surface area contributed by atoms with E-state index in [-0.39, 0.29) is 25.4 Å². The molecule has 0 saturated carbocycles. The highest BCUT2D eigenvalue weighted by molar-refractivity contribution is 5.99. The van der Waals surface area contributed by atoms with Crippen molar-refractivity contribution in [1.82, 2.24) is 15.1 Å². The Bertz CT molecular complexity index is 1200. The molecule has 38 heavy (non-hydrogen) atoms. The third kappa shape index (κ3) is 7.21. The number of rotatable bonds is 8. The van der Waals surface area contributed by atoms with Crippen molar-refractivity contribution in [1.29, 1.82) is 0 Å². The number of aliphatic carboxylic acids is 1. The summed E-state index contributed by atoms with van der Waals surface area (Å²) in [4.78, 5) is 64.6. The van der Waals surface area contributed by atoms with Gasteiger partial charge in [-0.25, -0.2) is 9.59 Å². The van der Waals surface area contributed by atoms with Gasteiger partial charge in [-0.05, 0) is 42.7 Å². The number of primary amides is 2. The quantitative estimate of drug-likeness (QED) is 0.404. The van der Waals surface area contributed by atoms with E-state index in [1.807, 2.05) is 25.1 Å². The summed E-state index contributed by atoms with van der Waals surface area (Å²) < 4.78 is 0. The predicted octanol–water partition coefficient (Wildman–Crippen LogP) is 1.33. The second kappa shape index (κ2) is 12.6. The molecule has 0 spiro atoms. The minimum absolute atomic E-state index is 0.119. The van der Waals surface area contributed by atoms with Gasteiger partial charge in [0.05, 0.1) is 24.2 Å². The molecule has 3 rings (SSSR count). The molecular formula is C26H32N6O6. The number of amides is 6. The number of aryl methyl sites for hydroxylation is 1. The minimum atomic E-state index is -1.32. The van der Waals surface area contributed by atoms with Crippen LogP contribution < -0.4 is 21.7 Å². The molecule has 12 heteroatoms. The third-order valence-corrected chi connectivity index (χ3v) is 6.28. The van der Waals surface area contributed by atoms with Crippen LogP contribution in [-0.4, -0.2) is 77.0 Å². The molecule has 1 heterocycles. The van der Waals surface area contributed by atoms with E-state index >= 15 is 0 Å². The second-order valence-electron chi connectivity index (χ2n) is 9.03. The van der Waals surface area contributed by atoms with Crippen molar-refractivity contribution in [2.75, 3.05) is 31.1 Å². The first kappa shape index (κ1) is 28.0. The van der Waals surface area contributed by atoms with Crippen LogP contribution in [0.2, 0.25) is 0 Å². The molecule has 12 nitrogen and oxygen atoms in total. The number of nitrogens with zero attached hydrogens (tertiary/aromatic N) is 3. The Labute approximate surface area is 220 Å². The lowest BCUT2D eigenvalue weighted by atomic mass is 10.1. The monoisotopic (exact) mass is 524 g/mol. The fourth-order valence-electron chi connectivity index (χ4n) is 4.26. The van der Waals surface area contributed by atoms with Gasteiger partial charge in [0, 0.05) is 26.2 Å².